The molecule has 9 nitrogen and oxygen atoms in total. The number of pyridine rings is 2. The molecule has 0 aliphatic rings. The summed E-state index contributed by atoms with van der Waals surface area (Å²) >= 11 is 3.41. The first kappa shape index (κ1) is 27.5. The summed E-state index contributed by atoms with van der Waals surface area (Å²) in [6.45, 7) is 0. The minimum Gasteiger partial charge on any atom is -0.481 e. The molecule has 0 fully saturated rings. The van der Waals surface area contributed by atoms with Crippen molar-refractivity contribution in [1.29, 1.82) is 0 Å². The number of carboxylic acid groups (broad SMARTS) is 1. The third kappa shape index (κ3) is 7.26. The van der Waals surface area contributed by atoms with Crippen LogP contribution in [0.15, 0.2) is 83.7 Å². The van der Waals surface area contributed by atoms with Gasteiger partial charge in [0.2, 0.25) is 0 Å². The largest absolute Gasteiger partial charge is 0.481 e. The van der Waals surface area contributed by atoms with Gasteiger partial charge in [0.05, 0.1) is 23.8 Å². The molecule has 3 N–H and O–H groups in total. The molecule has 198 valence electrons. The van der Waals surface area contributed by atoms with Crippen LogP contribution in [-0.4, -0.2) is 51.9 Å². The highest BCUT2D eigenvalue weighted by Crippen LogP contribution is 2.24. The van der Waals surface area contributed by atoms with E-state index in [1.807, 2.05) is 24.3 Å². The van der Waals surface area contributed by atoms with Gasteiger partial charge in [-0.3, -0.25) is 19.4 Å². The molecule has 2 heterocycles. The molecule has 0 saturated carbocycles. The Morgan fingerprint density at radius 2 is 1.56 bits per heavy atom. The zero-order valence-electron chi connectivity index (χ0n) is 21.3. The van der Waals surface area contributed by atoms with Crippen molar-refractivity contribution in [3.05, 3.63) is 100 Å². The third-order valence-corrected chi connectivity index (χ3v) is 6.59. The Kier molecular flexibility index (Phi) is 8.67. The van der Waals surface area contributed by atoms with Crippen molar-refractivity contribution in [1.82, 2.24) is 14.9 Å². The first-order valence-electron chi connectivity index (χ1n) is 12.0. The van der Waals surface area contributed by atoms with E-state index in [2.05, 4.69) is 36.5 Å². The van der Waals surface area contributed by atoms with Crippen molar-refractivity contribution in [2.75, 3.05) is 24.7 Å². The van der Waals surface area contributed by atoms with E-state index in [0.717, 1.165) is 21.2 Å². The van der Waals surface area contributed by atoms with E-state index in [0.29, 0.717) is 34.7 Å². The smallest absolute Gasteiger partial charge is 0.303 e. The average Bonchev–Trinajstić information content (AvgIpc) is 2.92. The van der Waals surface area contributed by atoms with Crippen LogP contribution in [0.25, 0.3) is 11.1 Å². The summed E-state index contributed by atoms with van der Waals surface area (Å²) in [5, 5.41) is 15.0. The maximum atomic E-state index is 12.8. The number of benzene rings is 2. The van der Waals surface area contributed by atoms with E-state index in [1.165, 1.54) is 11.1 Å². The first-order valence-corrected chi connectivity index (χ1v) is 12.8. The summed E-state index contributed by atoms with van der Waals surface area (Å²) in [7, 11) is 3.44. The Morgan fingerprint density at radius 3 is 2.23 bits per heavy atom. The molecule has 0 aliphatic carbocycles. The number of carbonyl (C=O) groups is 3. The van der Waals surface area contributed by atoms with E-state index in [-0.39, 0.29) is 18.2 Å². The zero-order valence-corrected chi connectivity index (χ0v) is 22.9. The van der Waals surface area contributed by atoms with Crippen molar-refractivity contribution in [3.63, 3.8) is 0 Å². The van der Waals surface area contributed by atoms with Gasteiger partial charge in [-0.15, -0.1) is 0 Å². The van der Waals surface area contributed by atoms with Gasteiger partial charge in [0.15, 0.2) is 0 Å². The molecular weight excluding hydrogens is 562 g/mol. The summed E-state index contributed by atoms with van der Waals surface area (Å²) in [5.74, 6) is -0.690. The summed E-state index contributed by atoms with van der Waals surface area (Å²) in [4.78, 5) is 46.0. The van der Waals surface area contributed by atoms with Crippen molar-refractivity contribution in [2.24, 2.45) is 0 Å². The van der Waals surface area contributed by atoms with Crippen molar-refractivity contribution >= 4 is 50.9 Å². The minimum absolute atomic E-state index is 0.0274. The molecule has 4 rings (SSSR count). The Labute approximate surface area is 234 Å². The van der Waals surface area contributed by atoms with Crippen molar-refractivity contribution in [3.8, 4) is 11.1 Å². The van der Waals surface area contributed by atoms with E-state index in [9.17, 15) is 14.4 Å². The number of hydrogen-bond donors (Lipinski definition) is 3. The van der Waals surface area contributed by atoms with Gasteiger partial charge in [0.25, 0.3) is 11.8 Å². The Morgan fingerprint density at radius 1 is 0.872 bits per heavy atom. The fourth-order valence-corrected chi connectivity index (χ4v) is 4.22. The lowest BCUT2D eigenvalue weighted by molar-refractivity contribution is -0.136. The van der Waals surface area contributed by atoms with Gasteiger partial charge >= 0.3 is 5.97 Å². The van der Waals surface area contributed by atoms with Crippen molar-refractivity contribution in [2.45, 2.75) is 12.8 Å². The molecule has 0 spiro atoms. The van der Waals surface area contributed by atoms with Gasteiger partial charge in [0, 0.05) is 47.9 Å². The quantitative estimate of drug-likeness (QED) is 0.232. The number of anilines is 3. The van der Waals surface area contributed by atoms with Crippen LogP contribution in [0.5, 0.6) is 0 Å². The van der Waals surface area contributed by atoms with Gasteiger partial charge in [-0.2, -0.15) is 0 Å². The highest BCUT2D eigenvalue weighted by atomic mass is 79.9. The molecule has 4 aromatic rings. The number of aromatic nitrogens is 2. The second kappa shape index (κ2) is 12.3. The normalized spacial score (nSPS) is 10.5. The van der Waals surface area contributed by atoms with E-state index in [1.54, 1.807) is 62.9 Å². The number of carboxylic acids is 1. The molecule has 2 aromatic carbocycles. The second-order valence-electron chi connectivity index (χ2n) is 8.95. The fourth-order valence-electron chi connectivity index (χ4n) is 3.78. The standard InChI is InChI=1S/C29H26BrN5O4/c1-35(2)29(39)19-5-3-18(4-6-19)22-8-11-26(32-15-22)33-23-14-24(17-31-16-23)34-28(38)21-7-10-25(30)20(13-21)9-12-27(36)37/h3-8,10-11,13-17H,9,12H2,1-2H3,(H,32,33)(H,34,38)(H,36,37). The van der Waals surface area contributed by atoms with Crippen LogP contribution in [0.2, 0.25) is 0 Å². The lowest BCUT2D eigenvalue weighted by Crippen LogP contribution is -2.21. The van der Waals surface area contributed by atoms with Crippen LogP contribution in [0, 0.1) is 0 Å². The van der Waals surface area contributed by atoms with Crippen LogP contribution >= 0.6 is 15.9 Å². The van der Waals surface area contributed by atoms with Gasteiger partial charge in [0.1, 0.15) is 5.82 Å². The molecule has 39 heavy (non-hydrogen) atoms. The minimum atomic E-state index is -0.900. The SMILES string of the molecule is CN(C)C(=O)c1ccc(-c2ccc(Nc3cncc(NC(=O)c4ccc(Br)c(CCC(=O)O)c4)c3)nc2)cc1. The molecule has 0 atom stereocenters. The van der Waals surface area contributed by atoms with Crippen molar-refractivity contribution < 1.29 is 19.5 Å². The maximum Gasteiger partial charge on any atom is 0.303 e. The van der Waals surface area contributed by atoms with E-state index >= 15 is 0 Å². The number of carbonyl (C=O) groups excluding carboxylic acids is 2. The number of amides is 2. The Hall–Kier alpha value is -4.57. The number of rotatable bonds is 9. The van der Waals surface area contributed by atoms with Crippen LogP contribution in [0.3, 0.4) is 0 Å². The highest BCUT2D eigenvalue weighted by molar-refractivity contribution is 9.10. The summed E-state index contributed by atoms with van der Waals surface area (Å²) in [6.07, 6.45) is 5.18. The lowest BCUT2D eigenvalue weighted by Gasteiger charge is -2.11. The van der Waals surface area contributed by atoms with Crippen LogP contribution in [-0.2, 0) is 11.2 Å². The highest BCUT2D eigenvalue weighted by Gasteiger charge is 2.12. The second-order valence-corrected chi connectivity index (χ2v) is 9.80. The molecule has 0 saturated heterocycles. The number of halogens is 1. The van der Waals surface area contributed by atoms with E-state index in [4.69, 9.17) is 5.11 Å². The number of hydrogen-bond acceptors (Lipinski definition) is 6. The van der Waals surface area contributed by atoms with Gasteiger partial charge in [-0.1, -0.05) is 28.1 Å². The fraction of sp³-hybridized carbons (Fsp3) is 0.138. The van der Waals surface area contributed by atoms with Gasteiger partial charge in [-0.05, 0) is 66.1 Å². The lowest BCUT2D eigenvalue weighted by atomic mass is 10.1. The third-order valence-electron chi connectivity index (χ3n) is 5.82. The number of nitrogens with zero attached hydrogens (tertiary/aromatic N) is 3. The molecule has 0 radical (unpaired) electrons. The Balaban J connectivity index is 1.41. The molecule has 2 aromatic heterocycles. The number of aryl methyl sites for hydroxylation is 1. The van der Waals surface area contributed by atoms with Crippen LogP contribution in [0.4, 0.5) is 17.2 Å². The summed E-state index contributed by atoms with van der Waals surface area (Å²) in [6, 6.07) is 17.9. The Bertz CT molecular complexity index is 1510. The number of nitrogens with one attached hydrogen (secondary N) is 2. The molecule has 10 heteroatoms. The molecular formula is C29H26BrN5O4. The van der Waals surface area contributed by atoms with Crippen LogP contribution in [0.1, 0.15) is 32.7 Å². The topological polar surface area (TPSA) is 125 Å². The first-order chi connectivity index (χ1) is 18.7. The predicted molar refractivity (Wildman–Crippen MR) is 153 cm³/mol. The maximum absolute atomic E-state index is 12.8. The molecule has 0 bridgehead atoms. The average molecular weight is 588 g/mol. The molecule has 0 aliphatic heterocycles. The molecule has 0 unspecified atom stereocenters. The van der Waals surface area contributed by atoms with Gasteiger partial charge in [-0.25, -0.2) is 4.98 Å². The van der Waals surface area contributed by atoms with Crippen LogP contribution < -0.4 is 10.6 Å². The monoisotopic (exact) mass is 587 g/mol. The zero-order chi connectivity index (χ0) is 27.9. The van der Waals surface area contributed by atoms with E-state index < -0.39 is 5.97 Å². The summed E-state index contributed by atoms with van der Waals surface area (Å²) in [5.41, 5.74) is 4.74. The summed E-state index contributed by atoms with van der Waals surface area (Å²) < 4.78 is 0.753. The van der Waals surface area contributed by atoms with Gasteiger partial charge < -0.3 is 20.6 Å². The predicted octanol–water partition coefficient (Wildman–Crippen LogP) is 5.62. The number of aliphatic carboxylic acids is 1. The molecule has 2 amide bonds.